The highest BCUT2D eigenvalue weighted by atomic mass is 32.1. The van der Waals surface area contributed by atoms with Crippen LogP contribution in [0.5, 0.6) is 23.0 Å². The molecule has 7 heteroatoms. The maximum Gasteiger partial charge on any atom is 0.164 e. The molecule has 0 spiro atoms. The second-order valence-electron chi connectivity index (χ2n) is 12.8. The van der Waals surface area contributed by atoms with Crippen LogP contribution in [0.25, 0.3) is 65.5 Å². The number of hydrogen-bond donors (Lipinski definition) is 0. The van der Waals surface area contributed by atoms with E-state index in [9.17, 15) is 0 Å². The highest BCUT2D eigenvalue weighted by molar-refractivity contribution is 7.26. The molecule has 9 aromatic rings. The van der Waals surface area contributed by atoms with Gasteiger partial charge in [-0.2, -0.15) is 0 Å². The summed E-state index contributed by atoms with van der Waals surface area (Å²) in [6.07, 6.45) is 0. The van der Waals surface area contributed by atoms with Crippen LogP contribution in [-0.4, -0.2) is 15.0 Å². The monoisotopic (exact) mass is 686 g/mol. The van der Waals surface area contributed by atoms with Crippen molar-refractivity contribution in [2.24, 2.45) is 0 Å². The third-order valence-corrected chi connectivity index (χ3v) is 10.8. The number of benzene rings is 7. The smallest absolute Gasteiger partial charge is 0.164 e. The summed E-state index contributed by atoms with van der Waals surface area (Å²) in [6.45, 7) is 0. The van der Waals surface area contributed by atoms with Gasteiger partial charge >= 0.3 is 0 Å². The lowest BCUT2D eigenvalue weighted by Gasteiger charge is -2.38. The number of ether oxygens (including phenoxy) is 2. The van der Waals surface area contributed by atoms with Gasteiger partial charge < -0.3 is 9.47 Å². The summed E-state index contributed by atoms with van der Waals surface area (Å²) < 4.78 is 15.5. The number of para-hydroxylation sites is 4. The largest absolute Gasteiger partial charge is 0.453 e. The van der Waals surface area contributed by atoms with Crippen molar-refractivity contribution < 1.29 is 9.47 Å². The summed E-state index contributed by atoms with van der Waals surface area (Å²) in [5.41, 5.74) is 7.80. The molecule has 2 aliphatic rings. The topological polar surface area (TPSA) is 60.4 Å². The fraction of sp³-hybridized carbons (Fsp3) is 0. The van der Waals surface area contributed by atoms with Gasteiger partial charge in [-0.1, -0.05) is 103 Å². The summed E-state index contributed by atoms with van der Waals surface area (Å²) in [5.74, 6) is 5.04. The van der Waals surface area contributed by atoms with Crippen LogP contribution in [-0.2, 0) is 0 Å². The number of nitrogens with zero attached hydrogens (tertiary/aromatic N) is 4. The van der Waals surface area contributed by atoms with E-state index in [1.54, 1.807) is 11.3 Å². The Balaban J connectivity index is 1.09. The van der Waals surface area contributed by atoms with E-state index in [1.807, 2.05) is 97.1 Å². The van der Waals surface area contributed by atoms with Gasteiger partial charge in [0.25, 0.3) is 0 Å². The maximum absolute atomic E-state index is 6.57. The van der Waals surface area contributed by atoms with Gasteiger partial charge in [-0.3, -0.25) is 4.90 Å². The zero-order valence-electron chi connectivity index (χ0n) is 27.5. The predicted octanol–water partition coefficient (Wildman–Crippen LogP) is 12.6. The minimum atomic E-state index is 0.640. The Hall–Kier alpha value is -6.83. The van der Waals surface area contributed by atoms with E-state index in [0.29, 0.717) is 17.5 Å². The van der Waals surface area contributed by atoms with Gasteiger partial charge in [0, 0.05) is 36.9 Å². The molecule has 11 rings (SSSR count). The van der Waals surface area contributed by atoms with E-state index in [1.165, 1.54) is 9.40 Å². The molecule has 0 bridgehead atoms. The summed E-state index contributed by atoms with van der Waals surface area (Å²) >= 11 is 1.77. The molecule has 0 saturated heterocycles. The second kappa shape index (κ2) is 11.3. The Kier molecular flexibility index (Phi) is 6.32. The lowest BCUT2D eigenvalue weighted by molar-refractivity contribution is 0.446. The Morgan fingerprint density at radius 3 is 1.63 bits per heavy atom. The molecule has 7 aromatic carbocycles. The average molecular weight is 687 g/mol. The fourth-order valence-electron chi connectivity index (χ4n) is 7.31. The maximum atomic E-state index is 6.57. The van der Waals surface area contributed by atoms with Crippen LogP contribution in [0, 0.1) is 0 Å². The molecule has 0 unspecified atom stereocenters. The van der Waals surface area contributed by atoms with E-state index in [4.69, 9.17) is 24.4 Å². The second-order valence-corrected chi connectivity index (χ2v) is 13.9. The lowest BCUT2D eigenvalue weighted by atomic mass is 9.98. The number of rotatable bonds is 4. The van der Waals surface area contributed by atoms with Gasteiger partial charge in [-0.05, 0) is 65.7 Å². The summed E-state index contributed by atoms with van der Waals surface area (Å²) in [4.78, 5) is 17.3. The molecule has 0 radical (unpaired) electrons. The van der Waals surface area contributed by atoms with Crippen LogP contribution in [0.4, 0.5) is 17.1 Å². The van der Waals surface area contributed by atoms with Gasteiger partial charge in [0.1, 0.15) is 5.69 Å². The average Bonchev–Trinajstić information content (AvgIpc) is 3.59. The molecule has 6 nitrogen and oxygen atoms in total. The molecule has 0 aliphatic carbocycles. The standard InChI is InChI=1S/C45H26N4O2S/c1-3-12-27(13-4-1)43-46-44(28-14-5-2-6-15-28)48-45(47-43)31-16-11-21-40-41(31)32-24-29(22-23-39(32)52-40)30-25-37-42-38(26-30)51-36-20-10-8-18-34(36)49(42)33-17-7-9-19-35(33)50-37/h1-26H. The molecule has 244 valence electrons. The van der Waals surface area contributed by atoms with Gasteiger partial charge in [-0.25, -0.2) is 15.0 Å². The van der Waals surface area contributed by atoms with E-state index >= 15 is 0 Å². The highest BCUT2D eigenvalue weighted by Crippen LogP contribution is 2.60. The van der Waals surface area contributed by atoms with Crippen LogP contribution in [0.1, 0.15) is 0 Å². The number of thiophene rings is 1. The van der Waals surface area contributed by atoms with E-state index in [0.717, 1.165) is 78.6 Å². The molecular formula is C45H26N4O2S. The molecule has 0 atom stereocenters. The Bertz CT molecular complexity index is 2740. The molecule has 0 saturated carbocycles. The van der Waals surface area contributed by atoms with Crippen molar-refractivity contribution in [1.29, 1.82) is 0 Å². The summed E-state index contributed by atoms with van der Waals surface area (Å²) in [6, 6.07) is 53.8. The van der Waals surface area contributed by atoms with Crippen molar-refractivity contribution in [3.63, 3.8) is 0 Å². The minimum Gasteiger partial charge on any atom is -0.453 e. The highest BCUT2D eigenvalue weighted by Gasteiger charge is 2.35. The summed E-state index contributed by atoms with van der Waals surface area (Å²) in [5, 5.41) is 2.26. The number of aromatic nitrogens is 3. The zero-order valence-corrected chi connectivity index (χ0v) is 28.3. The molecule has 2 aromatic heterocycles. The molecular weight excluding hydrogens is 661 g/mol. The Labute approximate surface area is 302 Å². The molecule has 0 fully saturated rings. The third-order valence-electron chi connectivity index (χ3n) is 9.68. The van der Waals surface area contributed by atoms with Gasteiger partial charge in [0.05, 0.1) is 11.4 Å². The first-order valence-electron chi connectivity index (χ1n) is 17.1. The lowest BCUT2D eigenvalue weighted by Crippen LogP contribution is -2.20. The van der Waals surface area contributed by atoms with Crippen molar-refractivity contribution >= 4 is 48.6 Å². The number of fused-ring (bicyclic) bond motifs is 7. The van der Waals surface area contributed by atoms with Crippen LogP contribution in [0.2, 0.25) is 0 Å². The molecule has 0 N–H and O–H groups in total. The first kappa shape index (κ1) is 29.0. The molecule has 52 heavy (non-hydrogen) atoms. The first-order chi connectivity index (χ1) is 25.7. The van der Waals surface area contributed by atoms with Crippen LogP contribution in [0.3, 0.4) is 0 Å². The van der Waals surface area contributed by atoms with Gasteiger partial charge in [0.15, 0.2) is 40.5 Å². The molecule has 0 amide bonds. The Morgan fingerprint density at radius 1 is 0.423 bits per heavy atom. The van der Waals surface area contributed by atoms with E-state index in [2.05, 4.69) is 65.6 Å². The van der Waals surface area contributed by atoms with Crippen molar-refractivity contribution in [2.75, 3.05) is 4.90 Å². The zero-order chi connectivity index (χ0) is 34.2. The molecule has 4 heterocycles. The van der Waals surface area contributed by atoms with Crippen LogP contribution < -0.4 is 14.4 Å². The van der Waals surface area contributed by atoms with Crippen LogP contribution in [0.15, 0.2) is 158 Å². The van der Waals surface area contributed by atoms with Crippen molar-refractivity contribution in [3.05, 3.63) is 158 Å². The SMILES string of the molecule is c1ccc(-c2nc(-c3ccccc3)nc(-c3cccc4sc5ccc(-c6cc7c8c(c6)Oc6ccccc6N8c6ccccc6O7)cc5c34)n2)cc1. The van der Waals surface area contributed by atoms with Gasteiger partial charge in [0.2, 0.25) is 0 Å². The van der Waals surface area contributed by atoms with Gasteiger partial charge in [-0.15, -0.1) is 11.3 Å². The molecule has 2 aliphatic heterocycles. The van der Waals surface area contributed by atoms with Crippen LogP contribution >= 0.6 is 11.3 Å². The number of hydrogen-bond acceptors (Lipinski definition) is 7. The van der Waals surface area contributed by atoms with E-state index in [-0.39, 0.29) is 0 Å². The quantitative estimate of drug-likeness (QED) is 0.184. The normalized spacial score (nSPS) is 12.5. The number of anilines is 3. The fourth-order valence-corrected chi connectivity index (χ4v) is 8.42. The predicted molar refractivity (Wildman–Crippen MR) is 209 cm³/mol. The van der Waals surface area contributed by atoms with Crippen molar-refractivity contribution in [1.82, 2.24) is 15.0 Å². The van der Waals surface area contributed by atoms with Crippen molar-refractivity contribution in [3.8, 4) is 68.3 Å². The first-order valence-corrected chi connectivity index (χ1v) is 17.9. The van der Waals surface area contributed by atoms with E-state index < -0.39 is 0 Å². The third kappa shape index (κ3) is 4.53. The Morgan fingerprint density at radius 2 is 1.00 bits per heavy atom. The van der Waals surface area contributed by atoms with Crippen molar-refractivity contribution in [2.45, 2.75) is 0 Å². The summed E-state index contributed by atoms with van der Waals surface area (Å²) in [7, 11) is 0. The minimum absolute atomic E-state index is 0.640.